The van der Waals surface area contributed by atoms with E-state index in [1.807, 2.05) is 6.07 Å². The van der Waals surface area contributed by atoms with Gasteiger partial charge in [0, 0.05) is 24.7 Å². The molecule has 22 heavy (non-hydrogen) atoms. The maximum atomic E-state index is 10.6. The van der Waals surface area contributed by atoms with Crippen molar-refractivity contribution >= 4 is 5.69 Å². The highest BCUT2D eigenvalue weighted by atomic mass is 16.6. The number of hydrogen-bond acceptors (Lipinski definition) is 4. The van der Waals surface area contributed by atoms with Crippen molar-refractivity contribution in [3.63, 3.8) is 0 Å². The quantitative estimate of drug-likeness (QED) is 0.672. The van der Waals surface area contributed by atoms with Gasteiger partial charge in [0.1, 0.15) is 5.75 Å². The van der Waals surface area contributed by atoms with Gasteiger partial charge < -0.3 is 10.4 Å². The van der Waals surface area contributed by atoms with Gasteiger partial charge in [-0.2, -0.15) is 0 Å². The molecule has 0 spiro atoms. The molecular formula is C17H18N2O3. The van der Waals surface area contributed by atoms with E-state index in [0.29, 0.717) is 18.3 Å². The van der Waals surface area contributed by atoms with Crippen LogP contribution in [0.1, 0.15) is 23.1 Å². The Kier molecular flexibility index (Phi) is 4.06. The van der Waals surface area contributed by atoms with Crippen LogP contribution in [0.15, 0.2) is 42.5 Å². The van der Waals surface area contributed by atoms with Gasteiger partial charge in [0.05, 0.1) is 4.92 Å². The first-order chi connectivity index (χ1) is 10.6. The number of aromatic hydroxyl groups is 1. The van der Waals surface area contributed by atoms with Crippen molar-refractivity contribution < 1.29 is 10.0 Å². The van der Waals surface area contributed by atoms with Crippen LogP contribution in [0.5, 0.6) is 5.75 Å². The number of nitro groups is 1. The SMILES string of the molecule is O=[N+]([O-])c1ccc(CNC2CCc3c(O)cccc3C2)cc1. The fourth-order valence-electron chi connectivity index (χ4n) is 2.96. The normalized spacial score (nSPS) is 17.0. The number of non-ortho nitro benzene ring substituents is 1. The Hall–Kier alpha value is -2.40. The van der Waals surface area contributed by atoms with Gasteiger partial charge in [0.15, 0.2) is 0 Å². The molecule has 0 bridgehead atoms. The third kappa shape index (κ3) is 3.09. The zero-order valence-corrected chi connectivity index (χ0v) is 12.2. The van der Waals surface area contributed by atoms with Crippen LogP contribution in [0.4, 0.5) is 5.69 Å². The molecule has 0 aliphatic heterocycles. The summed E-state index contributed by atoms with van der Waals surface area (Å²) in [5, 5.41) is 24.0. The van der Waals surface area contributed by atoms with E-state index in [-0.39, 0.29) is 10.6 Å². The molecule has 0 saturated carbocycles. The molecule has 1 aliphatic rings. The highest BCUT2D eigenvalue weighted by molar-refractivity contribution is 5.41. The number of rotatable bonds is 4. The first-order valence-corrected chi connectivity index (χ1v) is 7.40. The smallest absolute Gasteiger partial charge is 0.269 e. The predicted octanol–water partition coefficient (Wildman–Crippen LogP) is 2.95. The topological polar surface area (TPSA) is 75.4 Å². The lowest BCUT2D eigenvalue weighted by Gasteiger charge is -2.26. The van der Waals surface area contributed by atoms with E-state index in [0.717, 1.165) is 30.4 Å². The van der Waals surface area contributed by atoms with Crippen LogP contribution >= 0.6 is 0 Å². The molecule has 0 fully saturated rings. The van der Waals surface area contributed by atoms with E-state index in [1.54, 1.807) is 18.2 Å². The molecule has 1 unspecified atom stereocenters. The van der Waals surface area contributed by atoms with E-state index >= 15 is 0 Å². The standard InChI is InChI=1S/C17H18N2O3/c20-17-3-1-2-13-10-14(6-9-16(13)17)18-11-12-4-7-15(8-5-12)19(21)22/h1-5,7-8,14,18,20H,6,9-11H2. The Balaban J connectivity index is 1.60. The fraction of sp³-hybridized carbons (Fsp3) is 0.294. The van der Waals surface area contributed by atoms with E-state index in [2.05, 4.69) is 11.4 Å². The Morgan fingerprint density at radius 3 is 2.73 bits per heavy atom. The monoisotopic (exact) mass is 298 g/mol. The number of nitrogens with zero attached hydrogens (tertiary/aromatic N) is 1. The summed E-state index contributed by atoms with van der Waals surface area (Å²) in [5.74, 6) is 0.395. The van der Waals surface area contributed by atoms with Crippen molar-refractivity contribution in [3.05, 3.63) is 69.3 Å². The van der Waals surface area contributed by atoms with Gasteiger partial charge in [0.2, 0.25) is 0 Å². The maximum absolute atomic E-state index is 10.6. The number of benzene rings is 2. The van der Waals surface area contributed by atoms with Crippen LogP contribution in [-0.4, -0.2) is 16.1 Å². The fourth-order valence-corrected chi connectivity index (χ4v) is 2.96. The van der Waals surface area contributed by atoms with Crippen LogP contribution in [-0.2, 0) is 19.4 Å². The van der Waals surface area contributed by atoms with Crippen molar-refractivity contribution in [1.82, 2.24) is 5.32 Å². The summed E-state index contributed by atoms with van der Waals surface area (Å²) in [7, 11) is 0. The molecule has 0 aromatic heterocycles. The third-order valence-corrected chi connectivity index (χ3v) is 4.20. The molecule has 114 valence electrons. The van der Waals surface area contributed by atoms with Crippen molar-refractivity contribution in [2.24, 2.45) is 0 Å². The summed E-state index contributed by atoms with van der Waals surface area (Å²) < 4.78 is 0. The minimum Gasteiger partial charge on any atom is -0.508 e. The molecule has 0 radical (unpaired) electrons. The lowest BCUT2D eigenvalue weighted by molar-refractivity contribution is -0.384. The van der Waals surface area contributed by atoms with Crippen molar-refractivity contribution in [2.45, 2.75) is 31.8 Å². The molecule has 5 nitrogen and oxygen atoms in total. The number of phenols is 1. The number of fused-ring (bicyclic) bond motifs is 1. The Morgan fingerprint density at radius 2 is 2.00 bits per heavy atom. The second-order valence-corrected chi connectivity index (χ2v) is 5.66. The van der Waals surface area contributed by atoms with Crippen LogP contribution in [0.25, 0.3) is 0 Å². The van der Waals surface area contributed by atoms with Crippen LogP contribution in [0.2, 0.25) is 0 Å². The molecule has 3 rings (SSSR count). The molecule has 0 amide bonds. The lowest BCUT2D eigenvalue weighted by atomic mass is 9.87. The second-order valence-electron chi connectivity index (χ2n) is 5.66. The van der Waals surface area contributed by atoms with Gasteiger partial charge >= 0.3 is 0 Å². The van der Waals surface area contributed by atoms with E-state index in [9.17, 15) is 15.2 Å². The Bertz CT molecular complexity index is 683. The van der Waals surface area contributed by atoms with Gasteiger partial charge in [-0.3, -0.25) is 10.1 Å². The minimum atomic E-state index is -0.387. The Labute approximate surface area is 128 Å². The van der Waals surface area contributed by atoms with Crippen LogP contribution < -0.4 is 5.32 Å². The molecule has 2 N–H and O–H groups in total. The molecule has 0 saturated heterocycles. The summed E-state index contributed by atoms with van der Waals surface area (Å²) in [4.78, 5) is 10.2. The highest BCUT2D eigenvalue weighted by Crippen LogP contribution is 2.28. The third-order valence-electron chi connectivity index (χ3n) is 4.20. The first-order valence-electron chi connectivity index (χ1n) is 7.40. The number of hydrogen-bond donors (Lipinski definition) is 2. The largest absolute Gasteiger partial charge is 0.508 e. The number of nitrogens with one attached hydrogen (secondary N) is 1. The van der Waals surface area contributed by atoms with Crippen molar-refractivity contribution in [1.29, 1.82) is 0 Å². The molecular weight excluding hydrogens is 280 g/mol. The highest BCUT2D eigenvalue weighted by Gasteiger charge is 2.20. The average molecular weight is 298 g/mol. The van der Waals surface area contributed by atoms with E-state index < -0.39 is 0 Å². The molecule has 0 heterocycles. The van der Waals surface area contributed by atoms with Gasteiger partial charge in [-0.15, -0.1) is 0 Å². The van der Waals surface area contributed by atoms with E-state index in [1.165, 1.54) is 17.7 Å². The summed E-state index contributed by atoms with van der Waals surface area (Å²) in [6, 6.07) is 12.7. The average Bonchev–Trinajstić information content (AvgIpc) is 2.53. The van der Waals surface area contributed by atoms with Gasteiger partial charge in [-0.05, 0) is 42.0 Å². The van der Waals surface area contributed by atoms with Crippen molar-refractivity contribution in [2.75, 3.05) is 0 Å². The second kappa shape index (κ2) is 6.15. The maximum Gasteiger partial charge on any atom is 0.269 e. The number of nitro benzene ring substituents is 1. The zero-order chi connectivity index (χ0) is 15.5. The molecule has 5 heteroatoms. The zero-order valence-electron chi connectivity index (χ0n) is 12.2. The Morgan fingerprint density at radius 1 is 1.23 bits per heavy atom. The van der Waals surface area contributed by atoms with E-state index in [4.69, 9.17) is 0 Å². The van der Waals surface area contributed by atoms with Gasteiger partial charge in [0.25, 0.3) is 5.69 Å². The summed E-state index contributed by atoms with van der Waals surface area (Å²) in [6.07, 6.45) is 2.76. The molecule has 1 aliphatic carbocycles. The van der Waals surface area contributed by atoms with Crippen molar-refractivity contribution in [3.8, 4) is 5.75 Å². The molecule has 1 atom stereocenters. The van der Waals surface area contributed by atoms with Gasteiger partial charge in [-0.1, -0.05) is 24.3 Å². The predicted molar refractivity (Wildman–Crippen MR) is 83.9 cm³/mol. The summed E-state index contributed by atoms with van der Waals surface area (Å²) in [5.41, 5.74) is 3.42. The summed E-state index contributed by atoms with van der Waals surface area (Å²) in [6.45, 7) is 0.691. The lowest BCUT2D eigenvalue weighted by Crippen LogP contribution is -2.34. The summed E-state index contributed by atoms with van der Waals surface area (Å²) >= 11 is 0. The molecule has 2 aromatic carbocycles. The first kappa shape index (κ1) is 14.5. The molecule has 2 aromatic rings. The van der Waals surface area contributed by atoms with Crippen LogP contribution in [0, 0.1) is 10.1 Å². The van der Waals surface area contributed by atoms with Gasteiger partial charge in [-0.25, -0.2) is 0 Å². The number of phenolic OH excluding ortho intramolecular Hbond substituents is 1. The minimum absolute atomic E-state index is 0.116. The van der Waals surface area contributed by atoms with Crippen LogP contribution in [0.3, 0.4) is 0 Å².